The molecule has 2 aromatic rings. The molecule has 42 heavy (non-hydrogen) atoms. The van der Waals surface area contributed by atoms with Gasteiger partial charge in [-0.15, -0.1) is 0 Å². The molecule has 0 saturated heterocycles. The number of aliphatic carboxylic acids is 1. The van der Waals surface area contributed by atoms with E-state index in [1.54, 1.807) is 30.3 Å². The van der Waals surface area contributed by atoms with Crippen molar-refractivity contribution in [3.8, 4) is 0 Å². The molecule has 2 aromatic carbocycles. The summed E-state index contributed by atoms with van der Waals surface area (Å²) in [5.74, 6) is -0.619. The fourth-order valence-corrected chi connectivity index (χ4v) is 6.83. The van der Waals surface area contributed by atoms with Gasteiger partial charge in [0.15, 0.2) is 0 Å². The molecule has 0 aromatic heterocycles. The number of carboxylic acid groups (broad SMARTS) is 1. The third-order valence-corrected chi connectivity index (χ3v) is 8.96. The maximum atomic E-state index is 14.4. The normalized spacial score (nSPS) is 21.5. The Bertz CT molecular complexity index is 1340. The van der Waals surface area contributed by atoms with Crippen LogP contribution < -0.4 is 5.32 Å². The Balaban J connectivity index is 1.72. The van der Waals surface area contributed by atoms with E-state index in [4.69, 9.17) is 33.3 Å². The van der Waals surface area contributed by atoms with Gasteiger partial charge in [0, 0.05) is 27.7 Å². The van der Waals surface area contributed by atoms with E-state index in [-0.39, 0.29) is 42.2 Å². The molecule has 7 nitrogen and oxygen atoms in total. The maximum Gasteiger partial charge on any atom is 0.305 e. The average molecular weight is 615 g/mol. The van der Waals surface area contributed by atoms with Crippen LogP contribution in [-0.2, 0) is 9.59 Å². The minimum absolute atomic E-state index is 0.0554. The van der Waals surface area contributed by atoms with Gasteiger partial charge in [-0.3, -0.25) is 19.4 Å². The highest BCUT2D eigenvalue weighted by Gasteiger charge is 2.52. The highest BCUT2D eigenvalue weighted by molar-refractivity contribution is 6.47. The van der Waals surface area contributed by atoms with Gasteiger partial charge in [0.05, 0.1) is 12.5 Å². The summed E-state index contributed by atoms with van der Waals surface area (Å²) < 4.78 is 0. The molecule has 1 aliphatic heterocycles. The highest BCUT2D eigenvalue weighted by atomic mass is 35.5. The molecule has 9 heteroatoms. The van der Waals surface area contributed by atoms with Crippen molar-refractivity contribution in [1.82, 2.24) is 10.2 Å². The zero-order valence-corrected chi connectivity index (χ0v) is 26.6. The molecule has 0 bridgehead atoms. The molecule has 0 unspecified atom stereocenters. The Hall–Kier alpha value is -2.90. The lowest BCUT2D eigenvalue weighted by Crippen LogP contribution is -2.51. The fourth-order valence-electron chi connectivity index (χ4n) is 6.30. The predicted molar refractivity (Wildman–Crippen MR) is 167 cm³/mol. The number of carbonyl (C=O) groups is 3. The molecule has 1 spiro atoms. The second-order valence-corrected chi connectivity index (χ2v) is 14.0. The van der Waals surface area contributed by atoms with E-state index < -0.39 is 11.6 Å². The average Bonchev–Trinajstić information content (AvgIpc) is 3.17. The molecule has 4 rings (SSSR count). The lowest BCUT2D eigenvalue weighted by Gasteiger charge is -2.47. The lowest BCUT2D eigenvalue weighted by molar-refractivity contribution is -0.137. The number of hydrogen-bond donors (Lipinski definition) is 2. The van der Waals surface area contributed by atoms with Gasteiger partial charge in [0.2, 0.25) is 0 Å². The first kappa shape index (κ1) is 32.0. The maximum absolute atomic E-state index is 14.4. The van der Waals surface area contributed by atoms with Crippen LogP contribution in [0.25, 0.3) is 0 Å². The fraction of sp³-hybridized carbons (Fsp3) is 0.515. The van der Waals surface area contributed by atoms with Gasteiger partial charge in [0.1, 0.15) is 11.4 Å². The molecule has 226 valence electrons. The summed E-state index contributed by atoms with van der Waals surface area (Å²) in [5, 5.41) is 12.4. The van der Waals surface area contributed by atoms with Crippen LogP contribution >= 0.6 is 23.2 Å². The summed E-state index contributed by atoms with van der Waals surface area (Å²) in [6, 6.07) is 12.2. The molecule has 1 fully saturated rings. The van der Waals surface area contributed by atoms with Crippen molar-refractivity contribution in [3.05, 3.63) is 69.2 Å². The van der Waals surface area contributed by atoms with E-state index in [1.165, 1.54) is 0 Å². The number of amides is 2. The standard InChI is InChI=1S/C33H41Cl2N3O4/c1-20(2)16-27(21-6-8-22(9-7-21)30(41)36-15-12-28(39)40)38-31(42)29(23-17-25(34)19-26(35)18-23)37-33(38)13-10-24(11-14-33)32(3,4)5/h6-9,17-20,24,27H,10-16H2,1-5H3,(H,36,41)(H,39,40)/t24?,27-,33?/m1/s1. The Kier molecular flexibility index (Phi) is 9.73. The summed E-state index contributed by atoms with van der Waals surface area (Å²) in [4.78, 5) is 45.0. The quantitative estimate of drug-likeness (QED) is 0.305. The predicted octanol–water partition coefficient (Wildman–Crippen LogP) is 7.55. The van der Waals surface area contributed by atoms with E-state index in [1.807, 2.05) is 17.0 Å². The summed E-state index contributed by atoms with van der Waals surface area (Å²) in [6.45, 7) is 11.2. The third-order valence-electron chi connectivity index (χ3n) is 8.53. The number of nitrogens with one attached hydrogen (secondary N) is 1. The van der Waals surface area contributed by atoms with Crippen LogP contribution in [0.1, 0.15) is 101 Å². The lowest BCUT2D eigenvalue weighted by atomic mass is 9.69. The van der Waals surface area contributed by atoms with Crippen LogP contribution in [-0.4, -0.2) is 45.7 Å². The first-order chi connectivity index (χ1) is 19.7. The van der Waals surface area contributed by atoms with Crippen LogP contribution in [0.3, 0.4) is 0 Å². The van der Waals surface area contributed by atoms with E-state index >= 15 is 0 Å². The Morgan fingerprint density at radius 2 is 1.67 bits per heavy atom. The van der Waals surface area contributed by atoms with Crippen LogP contribution in [0.5, 0.6) is 0 Å². The zero-order chi connectivity index (χ0) is 30.8. The first-order valence-corrected chi connectivity index (χ1v) is 15.5. The summed E-state index contributed by atoms with van der Waals surface area (Å²) in [6.07, 6.45) is 4.03. The molecule has 1 saturated carbocycles. The number of halogens is 2. The second kappa shape index (κ2) is 12.8. The number of nitrogens with zero attached hydrogens (tertiary/aromatic N) is 2. The number of carbonyl (C=O) groups excluding carboxylic acids is 2. The van der Waals surface area contributed by atoms with E-state index in [2.05, 4.69) is 39.9 Å². The van der Waals surface area contributed by atoms with Crippen molar-refractivity contribution in [1.29, 1.82) is 0 Å². The zero-order valence-electron chi connectivity index (χ0n) is 25.0. The molecule has 1 atom stereocenters. The van der Waals surface area contributed by atoms with Crippen molar-refractivity contribution in [3.63, 3.8) is 0 Å². The molecule has 2 amide bonds. The minimum Gasteiger partial charge on any atom is -0.481 e. The Morgan fingerprint density at radius 1 is 1.07 bits per heavy atom. The largest absolute Gasteiger partial charge is 0.481 e. The first-order valence-electron chi connectivity index (χ1n) is 14.7. The molecule has 1 aliphatic carbocycles. The monoisotopic (exact) mass is 613 g/mol. The van der Waals surface area contributed by atoms with E-state index in [0.29, 0.717) is 32.8 Å². The SMILES string of the molecule is CC(C)C[C@H](c1ccc(C(=O)NCCC(=O)O)cc1)N1C(=O)C(c2cc(Cl)cc(Cl)c2)=NC12CCC(C(C)(C)C)CC2. The van der Waals surface area contributed by atoms with Crippen molar-refractivity contribution in [2.75, 3.05) is 6.54 Å². The molecule has 2 aliphatic rings. The minimum atomic E-state index is -0.968. The Morgan fingerprint density at radius 3 is 2.19 bits per heavy atom. The highest BCUT2D eigenvalue weighted by Crippen LogP contribution is 2.50. The van der Waals surface area contributed by atoms with Gasteiger partial charge in [0.25, 0.3) is 11.8 Å². The van der Waals surface area contributed by atoms with Gasteiger partial charge in [-0.2, -0.15) is 0 Å². The number of hydrogen-bond acceptors (Lipinski definition) is 4. The third kappa shape index (κ3) is 7.17. The number of rotatable bonds is 9. The van der Waals surface area contributed by atoms with Crippen molar-refractivity contribution in [2.24, 2.45) is 22.2 Å². The number of benzene rings is 2. The molecule has 0 radical (unpaired) electrons. The topological polar surface area (TPSA) is 99.1 Å². The van der Waals surface area contributed by atoms with Crippen molar-refractivity contribution < 1.29 is 19.5 Å². The van der Waals surface area contributed by atoms with Crippen LogP contribution in [0.15, 0.2) is 47.5 Å². The molecular formula is C33H41Cl2N3O4. The van der Waals surface area contributed by atoms with E-state index in [9.17, 15) is 14.4 Å². The summed E-state index contributed by atoms with van der Waals surface area (Å²) >= 11 is 12.7. The number of carboxylic acids is 1. The van der Waals surface area contributed by atoms with E-state index in [0.717, 1.165) is 37.7 Å². The molecule has 2 N–H and O–H groups in total. The van der Waals surface area contributed by atoms with Crippen molar-refractivity contribution in [2.45, 2.75) is 84.8 Å². The summed E-state index contributed by atoms with van der Waals surface area (Å²) in [7, 11) is 0. The van der Waals surface area contributed by atoms with Gasteiger partial charge < -0.3 is 15.3 Å². The molecule has 1 heterocycles. The molecular weight excluding hydrogens is 573 g/mol. The number of aliphatic imine (C=N–C) groups is 1. The van der Waals surface area contributed by atoms with Gasteiger partial charge in [-0.1, -0.05) is 70.0 Å². The van der Waals surface area contributed by atoms with Crippen LogP contribution in [0.4, 0.5) is 0 Å². The van der Waals surface area contributed by atoms with Crippen LogP contribution in [0, 0.1) is 17.3 Å². The van der Waals surface area contributed by atoms with Gasteiger partial charge in [-0.25, -0.2) is 0 Å². The Labute approximate surface area is 258 Å². The van der Waals surface area contributed by atoms with Gasteiger partial charge >= 0.3 is 5.97 Å². The van der Waals surface area contributed by atoms with Gasteiger partial charge in [-0.05, 0) is 85.3 Å². The second-order valence-electron chi connectivity index (χ2n) is 13.1. The smallest absolute Gasteiger partial charge is 0.305 e. The van der Waals surface area contributed by atoms with Crippen molar-refractivity contribution >= 4 is 46.7 Å². The summed E-state index contributed by atoms with van der Waals surface area (Å²) in [5.41, 5.74) is 1.85. The van der Waals surface area contributed by atoms with Crippen LogP contribution in [0.2, 0.25) is 10.0 Å².